The van der Waals surface area contributed by atoms with Gasteiger partial charge in [0, 0.05) is 15.1 Å². The quantitative estimate of drug-likeness (QED) is 0.215. The van der Waals surface area contributed by atoms with Crippen molar-refractivity contribution < 1.29 is 4.79 Å². The van der Waals surface area contributed by atoms with Gasteiger partial charge in [-0.2, -0.15) is 0 Å². The van der Waals surface area contributed by atoms with Crippen LogP contribution < -0.4 is 5.84 Å². The third kappa shape index (κ3) is 2.66. The number of carbonyl (C=O) groups excluding carboxylic acids is 1. The number of hydrogen-bond acceptors (Lipinski definition) is 3. The Bertz CT molecular complexity index is 483. The minimum absolute atomic E-state index is 0.0323. The van der Waals surface area contributed by atoms with Crippen LogP contribution in [0, 0.1) is 21.8 Å². The number of halogens is 1. The van der Waals surface area contributed by atoms with Gasteiger partial charge in [0.05, 0.1) is 0 Å². The number of nitrogens with zero attached hydrogens (tertiary/aromatic N) is 1. The van der Waals surface area contributed by atoms with Gasteiger partial charge < -0.3 is 0 Å². The fourth-order valence-corrected chi connectivity index (χ4v) is 2.03. The molecule has 0 heterocycles. The third-order valence-electron chi connectivity index (χ3n) is 2.85. The lowest BCUT2D eigenvalue weighted by atomic mass is 10.1. The maximum absolute atomic E-state index is 11.7. The standard InChI is InChI=1S/C12H14IN3O/c1-7-2-3-9(6-10(7)13)11(14)16(15)12(17)8-4-5-8/h2-3,6,8,14H,4-5,15H2,1H3. The molecule has 17 heavy (non-hydrogen) atoms. The van der Waals surface area contributed by atoms with Crippen LogP contribution in [-0.2, 0) is 4.79 Å². The van der Waals surface area contributed by atoms with Crippen molar-refractivity contribution in [3.8, 4) is 0 Å². The van der Waals surface area contributed by atoms with E-state index in [4.69, 9.17) is 11.3 Å². The predicted molar refractivity (Wildman–Crippen MR) is 74.5 cm³/mol. The number of amides is 1. The number of amidine groups is 1. The fourth-order valence-electron chi connectivity index (χ4n) is 1.52. The van der Waals surface area contributed by atoms with E-state index in [-0.39, 0.29) is 17.7 Å². The van der Waals surface area contributed by atoms with E-state index in [9.17, 15) is 4.79 Å². The summed E-state index contributed by atoms with van der Waals surface area (Å²) in [5.74, 6) is 5.63. The summed E-state index contributed by atoms with van der Waals surface area (Å²) in [4.78, 5) is 11.7. The Hall–Kier alpha value is -0.950. The molecule has 4 nitrogen and oxygen atoms in total. The highest BCUT2D eigenvalue weighted by atomic mass is 127. The summed E-state index contributed by atoms with van der Waals surface area (Å²) in [6.45, 7) is 2.00. The second kappa shape index (κ2) is 4.73. The van der Waals surface area contributed by atoms with Crippen molar-refractivity contribution in [2.75, 3.05) is 0 Å². The lowest BCUT2D eigenvalue weighted by Gasteiger charge is -2.17. The van der Waals surface area contributed by atoms with E-state index in [0.717, 1.165) is 27.0 Å². The number of aryl methyl sites for hydroxylation is 1. The lowest BCUT2D eigenvalue weighted by molar-refractivity contribution is -0.128. The van der Waals surface area contributed by atoms with Crippen LogP contribution >= 0.6 is 22.6 Å². The average Bonchev–Trinajstić information content (AvgIpc) is 3.14. The second-order valence-electron chi connectivity index (χ2n) is 4.30. The van der Waals surface area contributed by atoms with Gasteiger partial charge >= 0.3 is 0 Å². The van der Waals surface area contributed by atoms with Crippen molar-refractivity contribution in [3.63, 3.8) is 0 Å². The van der Waals surface area contributed by atoms with Crippen LogP contribution in [0.1, 0.15) is 24.0 Å². The zero-order valence-corrected chi connectivity index (χ0v) is 11.7. The van der Waals surface area contributed by atoms with Gasteiger partial charge in [0.1, 0.15) is 5.84 Å². The molecule has 0 atom stereocenters. The minimum atomic E-state index is -0.148. The summed E-state index contributed by atoms with van der Waals surface area (Å²) in [6.07, 6.45) is 1.79. The molecule has 90 valence electrons. The van der Waals surface area contributed by atoms with Gasteiger partial charge in [-0.3, -0.25) is 10.2 Å². The molecule has 1 aromatic rings. The van der Waals surface area contributed by atoms with E-state index in [2.05, 4.69) is 22.6 Å². The Balaban J connectivity index is 2.18. The molecule has 1 aromatic carbocycles. The number of nitrogens with one attached hydrogen (secondary N) is 1. The van der Waals surface area contributed by atoms with Crippen molar-refractivity contribution in [2.45, 2.75) is 19.8 Å². The van der Waals surface area contributed by atoms with E-state index in [1.54, 1.807) is 0 Å². The Morgan fingerprint density at radius 3 is 2.71 bits per heavy atom. The molecule has 0 aromatic heterocycles. The summed E-state index contributed by atoms with van der Waals surface area (Å²) in [5.41, 5.74) is 1.83. The molecule has 1 aliphatic rings. The molecule has 0 saturated heterocycles. The normalized spacial score (nSPS) is 14.5. The summed E-state index contributed by atoms with van der Waals surface area (Å²) in [7, 11) is 0. The van der Waals surface area contributed by atoms with Crippen molar-refractivity contribution in [1.82, 2.24) is 5.01 Å². The van der Waals surface area contributed by atoms with E-state index in [0.29, 0.717) is 5.56 Å². The number of rotatable bonds is 2. The number of benzene rings is 1. The fraction of sp³-hybridized carbons (Fsp3) is 0.333. The largest absolute Gasteiger partial charge is 0.283 e. The molecule has 3 N–H and O–H groups in total. The molecule has 1 saturated carbocycles. The van der Waals surface area contributed by atoms with E-state index < -0.39 is 0 Å². The molecule has 1 aliphatic carbocycles. The van der Waals surface area contributed by atoms with Gasteiger partial charge in [0.2, 0.25) is 5.91 Å². The molecule has 0 bridgehead atoms. The maximum atomic E-state index is 11.7. The van der Waals surface area contributed by atoms with Gasteiger partial charge in [-0.05, 0) is 54.0 Å². The van der Waals surface area contributed by atoms with Gasteiger partial charge in [-0.1, -0.05) is 12.1 Å². The first-order valence-corrected chi connectivity index (χ1v) is 6.52. The molecule has 1 amide bonds. The Kier molecular flexibility index (Phi) is 3.48. The van der Waals surface area contributed by atoms with Crippen LogP contribution in [0.3, 0.4) is 0 Å². The van der Waals surface area contributed by atoms with Crippen molar-refractivity contribution in [3.05, 3.63) is 32.9 Å². The molecule has 2 rings (SSSR count). The van der Waals surface area contributed by atoms with E-state index >= 15 is 0 Å². The van der Waals surface area contributed by atoms with Crippen LogP contribution in [0.15, 0.2) is 18.2 Å². The minimum Gasteiger partial charge on any atom is -0.283 e. The Labute approximate surface area is 114 Å². The molecule has 0 aliphatic heterocycles. The van der Waals surface area contributed by atoms with E-state index in [1.807, 2.05) is 25.1 Å². The SMILES string of the molecule is Cc1ccc(C(=N)N(N)C(=O)C2CC2)cc1I. The van der Waals surface area contributed by atoms with Crippen LogP contribution in [0.4, 0.5) is 0 Å². The monoisotopic (exact) mass is 343 g/mol. The first-order chi connectivity index (χ1) is 8.00. The van der Waals surface area contributed by atoms with Crippen LogP contribution in [0.25, 0.3) is 0 Å². The summed E-state index contributed by atoms with van der Waals surface area (Å²) in [5, 5.41) is 8.90. The summed E-state index contributed by atoms with van der Waals surface area (Å²) < 4.78 is 1.07. The van der Waals surface area contributed by atoms with Crippen LogP contribution in [0.2, 0.25) is 0 Å². The predicted octanol–water partition coefficient (Wildman–Crippen LogP) is 2.04. The van der Waals surface area contributed by atoms with Gasteiger partial charge in [-0.25, -0.2) is 10.9 Å². The first kappa shape index (κ1) is 12.5. The Morgan fingerprint density at radius 1 is 1.53 bits per heavy atom. The van der Waals surface area contributed by atoms with Crippen molar-refractivity contribution >= 4 is 34.3 Å². The first-order valence-electron chi connectivity index (χ1n) is 5.44. The Morgan fingerprint density at radius 2 is 2.18 bits per heavy atom. The molecule has 0 spiro atoms. The average molecular weight is 343 g/mol. The van der Waals surface area contributed by atoms with Gasteiger partial charge in [0.15, 0.2) is 0 Å². The summed E-state index contributed by atoms with van der Waals surface area (Å²) in [6, 6.07) is 5.62. The zero-order chi connectivity index (χ0) is 12.6. The number of nitrogens with two attached hydrogens (primary N) is 1. The topological polar surface area (TPSA) is 70.2 Å². The molecule has 0 radical (unpaired) electrons. The molecule has 1 fully saturated rings. The zero-order valence-electron chi connectivity index (χ0n) is 9.53. The molecule has 5 heteroatoms. The highest BCUT2D eigenvalue weighted by Gasteiger charge is 2.34. The van der Waals surface area contributed by atoms with Crippen LogP contribution in [-0.4, -0.2) is 16.8 Å². The number of hydrazine groups is 1. The number of carbonyl (C=O) groups is 1. The highest BCUT2D eigenvalue weighted by Crippen LogP contribution is 2.30. The highest BCUT2D eigenvalue weighted by molar-refractivity contribution is 14.1. The molecule has 0 unspecified atom stereocenters. The summed E-state index contributed by atoms with van der Waals surface area (Å²) >= 11 is 2.21. The molecular weight excluding hydrogens is 329 g/mol. The maximum Gasteiger partial charge on any atom is 0.245 e. The van der Waals surface area contributed by atoms with Crippen LogP contribution in [0.5, 0.6) is 0 Å². The van der Waals surface area contributed by atoms with Gasteiger partial charge in [-0.15, -0.1) is 0 Å². The number of hydrogen-bond donors (Lipinski definition) is 2. The van der Waals surface area contributed by atoms with Crippen molar-refractivity contribution in [1.29, 1.82) is 5.41 Å². The molecular formula is C12H14IN3O. The second-order valence-corrected chi connectivity index (χ2v) is 5.46. The third-order valence-corrected chi connectivity index (χ3v) is 4.01. The van der Waals surface area contributed by atoms with Gasteiger partial charge in [0.25, 0.3) is 0 Å². The smallest absolute Gasteiger partial charge is 0.245 e. The lowest BCUT2D eigenvalue weighted by Crippen LogP contribution is -2.43. The van der Waals surface area contributed by atoms with Crippen molar-refractivity contribution in [2.24, 2.45) is 11.8 Å². The van der Waals surface area contributed by atoms with E-state index in [1.165, 1.54) is 0 Å².